The van der Waals surface area contributed by atoms with Crippen LogP contribution >= 0.6 is 0 Å². The van der Waals surface area contributed by atoms with E-state index in [0.29, 0.717) is 0 Å². The lowest BCUT2D eigenvalue weighted by Crippen LogP contribution is -2.33. The summed E-state index contributed by atoms with van der Waals surface area (Å²) in [7, 11) is 0. The number of carbonyl (C=O) groups is 1. The van der Waals surface area contributed by atoms with Gasteiger partial charge in [-0.2, -0.15) is 0 Å². The monoisotopic (exact) mass is 265 g/mol. The molecular formula is C10H10F3NO4. The molecule has 18 heavy (non-hydrogen) atoms. The van der Waals surface area contributed by atoms with Crippen molar-refractivity contribution in [3.8, 4) is 5.75 Å². The van der Waals surface area contributed by atoms with Gasteiger partial charge in [-0.25, -0.2) is 0 Å². The Balaban J connectivity index is 2.80. The number of alkyl halides is 3. The second kappa shape index (κ2) is 5.23. The van der Waals surface area contributed by atoms with Crippen molar-refractivity contribution in [2.24, 2.45) is 5.73 Å². The van der Waals surface area contributed by atoms with Crippen LogP contribution in [0.4, 0.5) is 13.2 Å². The standard InChI is InChI=1S/C10H10F3NO4/c11-10(12,13)18-6-3-1-5(2-4-6)7(15)8(16)9(14)17/h1-4,7-8,15-16H,(H2,14,17). The van der Waals surface area contributed by atoms with Crippen molar-refractivity contribution in [1.29, 1.82) is 0 Å². The highest BCUT2D eigenvalue weighted by molar-refractivity contribution is 5.79. The molecule has 0 saturated carbocycles. The molecule has 0 aliphatic rings. The molecule has 100 valence electrons. The van der Waals surface area contributed by atoms with Crippen molar-refractivity contribution in [3.05, 3.63) is 29.8 Å². The van der Waals surface area contributed by atoms with Crippen molar-refractivity contribution < 1.29 is 32.9 Å². The molecule has 0 radical (unpaired) electrons. The molecule has 1 amide bonds. The Labute approximate surface area is 99.6 Å². The van der Waals surface area contributed by atoms with Gasteiger partial charge in [0.25, 0.3) is 0 Å². The Kier molecular flexibility index (Phi) is 4.15. The molecule has 0 aliphatic heterocycles. The number of rotatable bonds is 4. The number of aliphatic hydroxyl groups excluding tert-OH is 2. The first-order chi connectivity index (χ1) is 8.20. The van der Waals surface area contributed by atoms with Crippen LogP contribution < -0.4 is 10.5 Å². The van der Waals surface area contributed by atoms with Gasteiger partial charge in [-0.05, 0) is 17.7 Å². The minimum Gasteiger partial charge on any atom is -0.406 e. The van der Waals surface area contributed by atoms with Crippen LogP contribution in [-0.2, 0) is 4.79 Å². The molecule has 0 fully saturated rings. The fourth-order valence-electron chi connectivity index (χ4n) is 1.20. The van der Waals surface area contributed by atoms with E-state index in [4.69, 9.17) is 10.8 Å². The van der Waals surface area contributed by atoms with E-state index < -0.39 is 30.2 Å². The predicted molar refractivity (Wildman–Crippen MR) is 53.3 cm³/mol. The van der Waals surface area contributed by atoms with Crippen LogP contribution in [0.1, 0.15) is 11.7 Å². The summed E-state index contributed by atoms with van der Waals surface area (Å²) in [4.78, 5) is 10.6. The van der Waals surface area contributed by atoms with Gasteiger partial charge in [-0.1, -0.05) is 12.1 Å². The number of benzene rings is 1. The number of amides is 1. The largest absolute Gasteiger partial charge is 0.573 e. The average Bonchev–Trinajstić information content (AvgIpc) is 2.26. The van der Waals surface area contributed by atoms with Gasteiger partial charge in [0.05, 0.1) is 0 Å². The molecule has 0 spiro atoms. The summed E-state index contributed by atoms with van der Waals surface area (Å²) in [6, 6.07) is 4.05. The zero-order valence-corrected chi connectivity index (χ0v) is 8.89. The Morgan fingerprint density at radius 2 is 1.72 bits per heavy atom. The van der Waals surface area contributed by atoms with Gasteiger partial charge < -0.3 is 20.7 Å². The fraction of sp³-hybridized carbons (Fsp3) is 0.300. The van der Waals surface area contributed by atoms with Crippen LogP contribution in [0.3, 0.4) is 0 Å². The van der Waals surface area contributed by atoms with E-state index in [2.05, 4.69) is 4.74 Å². The third-order valence-corrected chi connectivity index (χ3v) is 2.05. The third kappa shape index (κ3) is 3.90. The summed E-state index contributed by atoms with van der Waals surface area (Å²) in [5.74, 6) is -1.62. The van der Waals surface area contributed by atoms with Crippen LogP contribution in [0.2, 0.25) is 0 Å². The number of carbonyl (C=O) groups excluding carboxylic acids is 1. The first kappa shape index (κ1) is 14.3. The Morgan fingerprint density at radius 1 is 1.22 bits per heavy atom. The summed E-state index contributed by atoms with van der Waals surface area (Å²) in [5.41, 5.74) is 4.80. The van der Waals surface area contributed by atoms with Crippen LogP contribution in [0.25, 0.3) is 0 Å². The number of nitrogens with two attached hydrogens (primary N) is 1. The van der Waals surface area contributed by atoms with Crippen LogP contribution in [0.5, 0.6) is 5.75 Å². The molecule has 8 heteroatoms. The smallest absolute Gasteiger partial charge is 0.406 e. The Morgan fingerprint density at radius 3 is 2.11 bits per heavy atom. The molecule has 1 rings (SSSR count). The molecule has 0 heterocycles. The van der Waals surface area contributed by atoms with Crippen molar-refractivity contribution in [2.45, 2.75) is 18.6 Å². The molecule has 5 nitrogen and oxygen atoms in total. The highest BCUT2D eigenvalue weighted by Crippen LogP contribution is 2.25. The maximum atomic E-state index is 11.9. The van der Waals surface area contributed by atoms with Crippen molar-refractivity contribution in [3.63, 3.8) is 0 Å². The van der Waals surface area contributed by atoms with Crippen LogP contribution in [-0.4, -0.2) is 28.6 Å². The lowest BCUT2D eigenvalue weighted by molar-refractivity contribution is -0.274. The number of primary amides is 1. The predicted octanol–water partition coefficient (Wildman–Crippen LogP) is 0.465. The maximum absolute atomic E-state index is 11.9. The van der Waals surface area contributed by atoms with E-state index in [-0.39, 0.29) is 5.56 Å². The van der Waals surface area contributed by atoms with E-state index in [1.165, 1.54) is 0 Å². The number of aliphatic hydroxyl groups is 2. The molecule has 0 aromatic heterocycles. The SMILES string of the molecule is NC(=O)C(O)C(O)c1ccc(OC(F)(F)F)cc1. The van der Waals surface area contributed by atoms with Gasteiger partial charge in [-0.15, -0.1) is 13.2 Å². The lowest BCUT2D eigenvalue weighted by Gasteiger charge is -2.15. The topological polar surface area (TPSA) is 92.8 Å². The molecular weight excluding hydrogens is 255 g/mol. The van der Waals surface area contributed by atoms with Gasteiger partial charge in [0.1, 0.15) is 11.9 Å². The van der Waals surface area contributed by atoms with Crippen molar-refractivity contribution >= 4 is 5.91 Å². The van der Waals surface area contributed by atoms with E-state index in [1.807, 2.05) is 0 Å². The highest BCUT2D eigenvalue weighted by Gasteiger charge is 2.31. The second-order valence-electron chi connectivity index (χ2n) is 3.41. The highest BCUT2D eigenvalue weighted by atomic mass is 19.4. The molecule has 2 atom stereocenters. The normalized spacial score (nSPS) is 14.9. The number of halogens is 3. The first-order valence-electron chi connectivity index (χ1n) is 4.72. The Hall–Kier alpha value is -1.80. The van der Waals surface area contributed by atoms with Gasteiger partial charge in [0.2, 0.25) is 5.91 Å². The summed E-state index contributed by atoms with van der Waals surface area (Å²) in [5, 5.41) is 18.6. The van der Waals surface area contributed by atoms with E-state index >= 15 is 0 Å². The van der Waals surface area contributed by atoms with Crippen molar-refractivity contribution in [1.82, 2.24) is 0 Å². The molecule has 0 saturated heterocycles. The zero-order chi connectivity index (χ0) is 13.9. The molecule has 0 aliphatic carbocycles. The van der Waals surface area contributed by atoms with Gasteiger partial charge in [0.15, 0.2) is 6.10 Å². The number of ether oxygens (including phenoxy) is 1. The molecule has 0 bridgehead atoms. The van der Waals surface area contributed by atoms with E-state index in [9.17, 15) is 23.1 Å². The Bertz CT molecular complexity index is 418. The van der Waals surface area contributed by atoms with E-state index in [1.54, 1.807) is 0 Å². The van der Waals surface area contributed by atoms with Crippen LogP contribution in [0.15, 0.2) is 24.3 Å². The quantitative estimate of drug-likeness (QED) is 0.737. The lowest BCUT2D eigenvalue weighted by atomic mass is 10.0. The molecule has 2 unspecified atom stereocenters. The van der Waals surface area contributed by atoms with Gasteiger partial charge in [0, 0.05) is 0 Å². The molecule has 1 aromatic carbocycles. The third-order valence-electron chi connectivity index (χ3n) is 2.05. The first-order valence-corrected chi connectivity index (χ1v) is 4.72. The summed E-state index contributed by atoms with van der Waals surface area (Å²) >= 11 is 0. The summed E-state index contributed by atoms with van der Waals surface area (Å²) < 4.78 is 39.2. The van der Waals surface area contributed by atoms with Crippen molar-refractivity contribution in [2.75, 3.05) is 0 Å². The summed E-state index contributed by atoms with van der Waals surface area (Å²) in [6.07, 6.45) is -8.26. The van der Waals surface area contributed by atoms with Gasteiger partial charge >= 0.3 is 6.36 Å². The van der Waals surface area contributed by atoms with E-state index in [0.717, 1.165) is 24.3 Å². The molecule has 4 N–H and O–H groups in total. The molecule has 1 aromatic rings. The van der Waals surface area contributed by atoms with Crippen LogP contribution in [0, 0.1) is 0 Å². The number of hydrogen-bond acceptors (Lipinski definition) is 4. The average molecular weight is 265 g/mol. The minimum atomic E-state index is -4.81. The fourth-order valence-corrected chi connectivity index (χ4v) is 1.20. The second-order valence-corrected chi connectivity index (χ2v) is 3.41. The number of hydrogen-bond donors (Lipinski definition) is 3. The maximum Gasteiger partial charge on any atom is 0.573 e. The zero-order valence-electron chi connectivity index (χ0n) is 8.89. The minimum absolute atomic E-state index is 0.0378. The van der Waals surface area contributed by atoms with Gasteiger partial charge in [-0.3, -0.25) is 4.79 Å². The summed E-state index contributed by atoms with van der Waals surface area (Å²) in [6.45, 7) is 0.